The van der Waals surface area contributed by atoms with E-state index in [1.165, 1.54) is 0 Å². The first kappa shape index (κ1) is 7.28. The minimum atomic E-state index is 0.356. The highest BCUT2D eigenvalue weighted by atomic mass is 16.3. The molecule has 0 saturated carbocycles. The smallest absolute Gasteiger partial charge is 0.111 e. The van der Waals surface area contributed by atoms with Crippen LogP contribution in [0.1, 0.15) is 20.3 Å². The van der Waals surface area contributed by atoms with Crippen molar-refractivity contribution in [1.29, 1.82) is 0 Å². The van der Waals surface area contributed by atoms with Crippen molar-refractivity contribution in [2.45, 2.75) is 20.3 Å². The average molecular weight is 112 g/mol. The lowest BCUT2D eigenvalue weighted by molar-refractivity contribution is 0.430. The Hall–Kier alpha value is -0.720. The van der Waals surface area contributed by atoms with Gasteiger partial charge in [0, 0.05) is 0 Å². The van der Waals surface area contributed by atoms with E-state index in [1.807, 2.05) is 19.9 Å². The first-order valence-electron chi connectivity index (χ1n) is 2.83. The molecule has 0 aromatic heterocycles. The molecule has 0 fully saturated rings. The third-order valence-electron chi connectivity index (χ3n) is 0.751. The molecule has 8 heavy (non-hydrogen) atoms. The number of hydrogen-bond donors (Lipinski definition) is 1. The zero-order chi connectivity index (χ0) is 6.41. The van der Waals surface area contributed by atoms with Crippen molar-refractivity contribution in [3.63, 3.8) is 0 Å². The minimum Gasteiger partial charge on any atom is -0.508 e. The predicted molar refractivity (Wildman–Crippen MR) is 35.8 cm³/mol. The summed E-state index contributed by atoms with van der Waals surface area (Å²) >= 11 is 0. The van der Waals surface area contributed by atoms with Crippen molar-refractivity contribution in [3.05, 3.63) is 24.0 Å². The van der Waals surface area contributed by atoms with Gasteiger partial charge in [0.25, 0.3) is 0 Å². The Kier molecular flexibility index (Phi) is 4.04. The maximum absolute atomic E-state index is 8.82. The number of rotatable bonds is 2. The third-order valence-corrected chi connectivity index (χ3v) is 0.751. The van der Waals surface area contributed by atoms with Gasteiger partial charge in [-0.15, -0.1) is 0 Å². The van der Waals surface area contributed by atoms with E-state index in [4.69, 9.17) is 5.11 Å². The van der Waals surface area contributed by atoms with E-state index >= 15 is 0 Å². The van der Waals surface area contributed by atoms with Gasteiger partial charge in [-0.3, -0.25) is 0 Å². The minimum absolute atomic E-state index is 0.356. The molecule has 1 heteroatoms. The first-order valence-corrected chi connectivity index (χ1v) is 2.83. The molecule has 0 atom stereocenters. The van der Waals surface area contributed by atoms with Gasteiger partial charge in [0.1, 0.15) is 5.76 Å². The quantitative estimate of drug-likeness (QED) is 0.429. The van der Waals surface area contributed by atoms with Crippen molar-refractivity contribution in [3.8, 4) is 0 Å². The summed E-state index contributed by atoms with van der Waals surface area (Å²) in [5.41, 5.74) is 0. The highest BCUT2D eigenvalue weighted by Gasteiger charge is 1.77. The van der Waals surface area contributed by atoms with Crippen molar-refractivity contribution in [2.75, 3.05) is 0 Å². The number of allylic oxidation sites excluding steroid dienone is 3. The van der Waals surface area contributed by atoms with Crippen LogP contribution in [-0.4, -0.2) is 5.11 Å². The van der Waals surface area contributed by atoms with Crippen LogP contribution in [0.5, 0.6) is 0 Å². The predicted octanol–water partition coefficient (Wildman–Crippen LogP) is 2.41. The summed E-state index contributed by atoms with van der Waals surface area (Å²) < 4.78 is 0. The van der Waals surface area contributed by atoms with E-state index < -0.39 is 0 Å². The largest absolute Gasteiger partial charge is 0.508 e. The Morgan fingerprint density at radius 1 is 1.62 bits per heavy atom. The Balaban J connectivity index is 3.61. The Bertz CT molecular complexity index is 101. The van der Waals surface area contributed by atoms with Crippen LogP contribution < -0.4 is 0 Å². The van der Waals surface area contributed by atoms with Gasteiger partial charge in [-0.2, -0.15) is 0 Å². The van der Waals surface area contributed by atoms with E-state index in [9.17, 15) is 0 Å². The van der Waals surface area contributed by atoms with Crippen LogP contribution in [0.25, 0.3) is 0 Å². The molecule has 0 amide bonds. The first-order chi connectivity index (χ1) is 3.81. The van der Waals surface area contributed by atoms with Crippen molar-refractivity contribution < 1.29 is 5.11 Å². The molecule has 0 aromatic carbocycles. The van der Waals surface area contributed by atoms with Gasteiger partial charge in [0.05, 0.1) is 0 Å². The maximum Gasteiger partial charge on any atom is 0.111 e. The zero-order valence-corrected chi connectivity index (χ0v) is 5.39. The van der Waals surface area contributed by atoms with Gasteiger partial charge in [0.2, 0.25) is 0 Å². The second-order valence-corrected chi connectivity index (χ2v) is 1.54. The van der Waals surface area contributed by atoms with Gasteiger partial charge in [0.15, 0.2) is 0 Å². The van der Waals surface area contributed by atoms with Gasteiger partial charge in [-0.25, -0.2) is 0 Å². The highest BCUT2D eigenvalue weighted by molar-refractivity contribution is 5.08. The molecule has 0 radical (unpaired) electrons. The average Bonchev–Trinajstić information content (AvgIpc) is 1.68. The van der Waals surface area contributed by atoms with Gasteiger partial charge in [-0.05, 0) is 25.5 Å². The lowest BCUT2D eigenvalue weighted by Gasteiger charge is -1.84. The summed E-state index contributed by atoms with van der Waals surface area (Å²) in [6.07, 6.45) is 6.13. The molecule has 1 N–H and O–H groups in total. The second-order valence-electron chi connectivity index (χ2n) is 1.54. The van der Waals surface area contributed by atoms with Gasteiger partial charge in [-0.1, -0.05) is 13.0 Å². The van der Waals surface area contributed by atoms with E-state index in [-0.39, 0.29) is 0 Å². The summed E-state index contributed by atoms with van der Waals surface area (Å²) in [5.74, 6) is 0.356. The summed E-state index contributed by atoms with van der Waals surface area (Å²) in [7, 11) is 0. The molecule has 0 rings (SSSR count). The normalized spacial score (nSPS) is 13.0. The molecule has 0 spiro atoms. The van der Waals surface area contributed by atoms with Crippen LogP contribution in [0.2, 0.25) is 0 Å². The molecule has 46 valence electrons. The summed E-state index contributed by atoms with van der Waals surface area (Å²) in [6, 6.07) is 0. The molecule has 1 nitrogen and oxygen atoms in total. The topological polar surface area (TPSA) is 20.2 Å². The van der Waals surface area contributed by atoms with E-state index in [0.717, 1.165) is 6.42 Å². The fourth-order valence-corrected chi connectivity index (χ4v) is 0.448. The van der Waals surface area contributed by atoms with Crippen molar-refractivity contribution >= 4 is 0 Å². The maximum atomic E-state index is 8.82. The zero-order valence-electron chi connectivity index (χ0n) is 5.39. The number of aliphatic hydroxyl groups is 1. The molecule has 0 aromatic rings. The van der Waals surface area contributed by atoms with Crippen LogP contribution in [0.3, 0.4) is 0 Å². The number of hydrogen-bond acceptors (Lipinski definition) is 1. The van der Waals surface area contributed by atoms with Crippen LogP contribution in [0.4, 0.5) is 0 Å². The molecule has 0 aliphatic heterocycles. The standard InChI is InChI=1S/C7H12O/c1-3-5-7(8)6-4-2/h3,5-6,8H,4H2,1-2H3/b5-3-,7-6+. The second kappa shape index (κ2) is 4.44. The van der Waals surface area contributed by atoms with E-state index in [2.05, 4.69) is 0 Å². The molecule has 0 heterocycles. The Morgan fingerprint density at radius 3 is 2.62 bits per heavy atom. The van der Waals surface area contributed by atoms with Crippen LogP contribution >= 0.6 is 0 Å². The lowest BCUT2D eigenvalue weighted by Crippen LogP contribution is -1.70. The summed E-state index contributed by atoms with van der Waals surface area (Å²) in [6.45, 7) is 3.86. The van der Waals surface area contributed by atoms with Crippen LogP contribution in [0, 0.1) is 0 Å². The Labute approximate surface area is 50.3 Å². The molecule has 0 aliphatic rings. The van der Waals surface area contributed by atoms with E-state index in [0.29, 0.717) is 5.76 Å². The molecular weight excluding hydrogens is 100 g/mol. The fraction of sp³-hybridized carbons (Fsp3) is 0.429. The van der Waals surface area contributed by atoms with E-state index in [1.54, 1.807) is 12.2 Å². The highest BCUT2D eigenvalue weighted by Crippen LogP contribution is 1.91. The molecule has 0 saturated heterocycles. The van der Waals surface area contributed by atoms with Crippen molar-refractivity contribution in [1.82, 2.24) is 0 Å². The number of aliphatic hydroxyl groups excluding tert-OH is 1. The van der Waals surface area contributed by atoms with Crippen LogP contribution in [0.15, 0.2) is 24.0 Å². The fourth-order valence-electron chi connectivity index (χ4n) is 0.448. The molecule has 0 unspecified atom stereocenters. The van der Waals surface area contributed by atoms with Crippen molar-refractivity contribution in [2.24, 2.45) is 0 Å². The monoisotopic (exact) mass is 112 g/mol. The van der Waals surface area contributed by atoms with Gasteiger partial charge < -0.3 is 5.11 Å². The summed E-state index contributed by atoms with van der Waals surface area (Å²) in [5, 5.41) is 8.82. The Morgan fingerprint density at radius 2 is 2.25 bits per heavy atom. The molecule has 0 aliphatic carbocycles. The third kappa shape index (κ3) is 3.47. The molecular formula is C7H12O. The SMILES string of the molecule is C/C=C\C(O)=C/CC. The van der Waals surface area contributed by atoms with Gasteiger partial charge >= 0.3 is 0 Å². The molecule has 0 bridgehead atoms. The summed E-state index contributed by atoms with van der Waals surface area (Å²) in [4.78, 5) is 0. The van der Waals surface area contributed by atoms with Crippen LogP contribution in [-0.2, 0) is 0 Å². The lowest BCUT2D eigenvalue weighted by atomic mass is 10.3.